The van der Waals surface area contributed by atoms with Crippen LogP contribution >= 0.6 is 15.9 Å². The van der Waals surface area contributed by atoms with E-state index in [4.69, 9.17) is 0 Å². The number of rotatable bonds is 4. The van der Waals surface area contributed by atoms with Crippen LogP contribution in [0.4, 0.5) is 0 Å². The quantitative estimate of drug-likeness (QED) is 0.890. The molecule has 0 amide bonds. The minimum Gasteiger partial charge on any atom is -0.389 e. The fraction of sp³-hybridized carbons (Fsp3) is 0.538. The molecule has 88 valence electrons. The van der Waals surface area contributed by atoms with Gasteiger partial charge in [-0.15, -0.1) is 0 Å². The number of halogens is 1. The molecule has 1 fully saturated rings. The molecule has 2 nitrogen and oxygen atoms in total. The predicted molar refractivity (Wildman–Crippen MR) is 69.4 cm³/mol. The van der Waals surface area contributed by atoms with Crippen molar-refractivity contribution in [1.82, 2.24) is 5.32 Å². The number of nitrogens with one attached hydrogen (secondary N) is 1. The van der Waals surface area contributed by atoms with Crippen LogP contribution in [0.2, 0.25) is 0 Å². The van der Waals surface area contributed by atoms with Crippen LogP contribution in [0, 0.1) is 0 Å². The summed E-state index contributed by atoms with van der Waals surface area (Å²) in [5.41, 5.74) is 0.792. The van der Waals surface area contributed by atoms with Crippen LogP contribution in [0.5, 0.6) is 0 Å². The van der Waals surface area contributed by atoms with E-state index >= 15 is 0 Å². The van der Waals surface area contributed by atoms with Crippen LogP contribution in [0.25, 0.3) is 0 Å². The molecule has 16 heavy (non-hydrogen) atoms. The van der Waals surface area contributed by atoms with E-state index in [1.54, 1.807) is 0 Å². The van der Waals surface area contributed by atoms with Gasteiger partial charge in [0, 0.05) is 17.1 Å². The van der Waals surface area contributed by atoms with E-state index in [1.165, 1.54) is 5.56 Å². The average molecular weight is 284 g/mol. The Morgan fingerprint density at radius 1 is 1.44 bits per heavy atom. The van der Waals surface area contributed by atoms with Crippen molar-refractivity contribution < 1.29 is 5.11 Å². The SMILES string of the molecule is CC(NCC1(O)CCC1)c1ccccc1Br. The summed E-state index contributed by atoms with van der Waals surface area (Å²) < 4.78 is 1.12. The summed E-state index contributed by atoms with van der Waals surface area (Å²) in [6, 6.07) is 8.47. The lowest BCUT2D eigenvalue weighted by Crippen LogP contribution is -2.46. The first-order chi connectivity index (χ1) is 7.61. The Labute approximate surface area is 105 Å². The zero-order chi connectivity index (χ0) is 11.6. The third-order valence-corrected chi connectivity index (χ3v) is 4.12. The highest BCUT2D eigenvalue weighted by molar-refractivity contribution is 9.10. The van der Waals surface area contributed by atoms with Crippen molar-refractivity contribution >= 4 is 15.9 Å². The second kappa shape index (κ2) is 4.86. The molecule has 1 aliphatic carbocycles. The first-order valence-corrected chi connectivity index (χ1v) is 6.60. The number of aliphatic hydroxyl groups is 1. The van der Waals surface area contributed by atoms with Crippen molar-refractivity contribution in [2.24, 2.45) is 0 Å². The summed E-state index contributed by atoms with van der Waals surface area (Å²) in [5.74, 6) is 0. The van der Waals surface area contributed by atoms with Gasteiger partial charge >= 0.3 is 0 Å². The van der Waals surface area contributed by atoms with Gasteiger partial charge < -0.3 is 10.4 Å². The average Bonchev–Trinajstić information content (AvgIpc) is 2.24. The molecule has 0 radical (unpaired) electrons. The van der Waals surface area contributed by atoms with Gasteiger partial charge in [-0.25, -0.2) is 0 Å². The Kier molecular flexibility index (Phi) is 3.67. The number of hydrogen-bond acceptors (Lipinski definition) is 2. The van der Waals surface area contributed by atoms with Gasteiger partial charge in [-0.3, -0.25) is 0 Å². The van der Waals surface area contributed by atoms with Gasteiger partial charge in [-0.1, -0.05) is 34.1 Å². The van der Waals surface area contributed by atoms with Gasteiger partial charge in [-0.05, 0) is 37.8 Å². The highest BCUT2D eigenvalue weighted by Gasteiger charge is 2.34. The van der Waals surface area contributed by atoms with Crippen LogP contribution in [0.3, 0.4) is 0 Å². The largest absolute Gasteiger partial charge is 0.389 e. The second-order valence-corrected chi connectivity index (χ2v) is 5.56. The summed E-state index contributed by atoms with van der Waals surface area (Å²) in [7, 11) is 0. The Hall–Kier alpha value is -0.380. The van der Waals surface area contributed by atoms with Crippen molar-refractivity contribution in [2.45, 2.75) is 37.8 Å². The maximum absolute atomic E-state index is 10.0. The molecule has 0 saturated heterocycles. The fourth-order valence-corrected chi connectivity index (χ4v) is 2.67. The highest BCUT2D eigenvalue weighted by Crippen LogP contribution is 2.31. The van der Waals surface area contributed by atoms with Gasteiger partial charge in [0.15, 0.2) is 0 Å². The highest BCUT2D eigenvalue weighted by atomic mass is 79.9. The van der Waals surface area contributed by atoms with Crippen molar-refractivity contribution in [2.75, 3.05) is 6.54 Å². The maximum Gasteiger partial charge on any atom is 0.0771 e. The third-order valence-electron chi connectivity index (χ3n) is 3.39. The molecule has 1 aromatic carbocycles. The van der Waals surface area contributed by atoms with Crippen molar-refractivity contribution in [3.05, 3.63) is 34.3 Å². The molecule has 1 aliphatic rings. The molecule has 2 rings (SSSR count). The Morgan fingerprint density at radius 2 is 2.12 bits per heavy atom. The molecule has 0 aromatic heterocycles. The first-order valence-electron chi connectivity index (χ1n) is 5.81. The lowest BCUT2D eigenvalue weighted by molar-refractivity contribution is -0.0329. The zero-order valence-electron chi connectivity index (χ0n) is 9.54. The van der Waals surface area contributed by atoms with Crippen LogP contribution in [-0.4, -0.2) is 17.3 Å². The Balaban J connectivity index is 1.93. The normalized spacial score (nSPS) is 20.2. The van der Waals surface area contributed by atoms with E-state index in [0.29, 0.717) is 6.54 Å². The Bertz CT molecular complexity index is 363. The maximum atomic E-state index is 10.0. The minimum absolute atomic E-state index is 0.264. The first kappa shape index (κ1) is 12.1. The molecule has 3 heteroatoms. The van der Waals surface area contributed by atoms with Crippen LogP contribution in [-0.2, 0) is 0 Å². The van der Waals surface area contributed by atoms with E-state index in [0.717, 1.165) is 23.7 Å². The third kappa shape index (κ3) is 2.65. The standard InChI is InChI=1S/C13H18BrNO/c1-10(11-5-2-3-6-12(11)14)15-9-13(16)7-4-8-13/h2-3,5-6,10,15-16H,4,7-9H2,1H3. The monoisotopic (exact) mass is 283 g/mol. The number of benzene rings is 1. The van der Waals surface area contributed by atoms with Crippen molar-refractivity contribution in [3.63, 3.8) is 0 Å². The van der Waals surface area contributed by atoms with Gasteiger partial charge in [0.1, 0.15) is 0 Å². The zero-order valence-corrected chi connectivity index (χ0v) is 11.1. The van der Waals surface area contributed by atoms with Crippen molar-refractivity contribution in [1.29, 1.82) is 0 Å². The summed E-state index contributed by atoms with van der Waals surface area (Å²) in [4.78, 5) is 0. The fourth-order valence-electron chi connectivity index (χ4n) is 2.04. The molecule has 1 unspecified atom stereocenters. The van der Waals surface area contributed by atoms with E-state index < -0.39 is 5.60 Å². The Morgan fingerprint density at radius 3 is 2.69 bits per heavy atom. The van der Waals surface area contributed by atoms with E-state index in [-0.39, 0.29) is 6.04 Å². The summed E-state index contributed by atoms with van der Waals surface area (Å²) in [6.07, 6.45) is 3.02. The molecule has 1 aromatic rings. The lowest BCUT2D eigenvalue weighted by atomic mass is 9.80. The van der Waals surface area contributed by atoms with Crippen LogP contribution in [0.1, 0.15) is 37.8 Å². The summed E-state index contributed by atoms with van der Waals surface area (Å²) in [6.45, 7) is 2.82. The van der Waals surface area contributed by atoms with Crippen molar-refractivity contribution in [3.8, 4) is 0 Å². The molecule has 0 aliphatic heterocycles. The molecule has 1 saturated carbocycles. The van der Waals surface area contributed by atoms with Gasteiger partial charge in [0.25, 0.3) is 0 Å². The topological polar surface area (TPSA) is 32.3 Å². The molecule has 0 bridgehead atoms. The molecule has 1 atom stereocenters. The molecule has 2 N–H and O–H groups in total. The summed E-state index contributed by atoms with van der Waals surface area (Å²) >= 11 is 3.55. The van der Waals surface area contributed by atoms with Gasteiger partial charge in [-0.2, -0.15) is 0 Å². The van der Waals surface area contributed by atoms with Crippen LogP contribution in [0.15, 0.2) is 28.7 Å². The van der Waals surface area contributed by atoms with E-state index in [1.807, 2.05) is 18.2 Å². The van der Waals surface area contributed by atoms with Gasteiger partial charge in [0.2, 0.25) is 0 Å². The minimum atomic E-state index is -0.449. The number of hydrogen-bond donors (Lipinski definition) is 2. The van der Waals surface area contributed by atoms with Crippen LogP contribution < -0.4 is 5.32 Å². The molecule has 0 heterocycles. The van der Waals surface area contributed by atoms with E-state index in [9.17, 15) is 5.11 Å². The molecule has 0 spiro atoms. The molecular weight excluding hydrogens is 266 g/mol. The lowest BCUT2D eigenvalue weighted by Gasteiger charge is -2.37. The molecular formula is C13H18BrNO. The smallest absolute Gasteiger partial charge is 0.0771 e. The summed E-state index contributed by atoms with van der Waals surface area (Å²) in [5, 5.41) is 13.4. The van der Waals surface area contributed by atoms with Gasteiger partial charge in [0.05, 0.1) is 5.60 Å². The second-order valence-electron chi connectivity index (χ2n) is 4.70. The van der Waals surface area contributed by atoms with E-state index in [2.05, 4.69) is 34.2 Å². The predicted octanol–water partition coefficient (Wildman–Crippen LogP) is 3.01.